The molecule has 1 unspecified atom stereocenters. The van der Waals surface area contributed by atoms with Crippen molar-refractivity contribution in [2.24, 2.45) is 0 Å². The fourth-order valence-electron chi connectivity index (χ4n) is 2.66. The fraction of sp³-hybridized carbons (Fsp3) is 0.400. The van der Waals surface area contributed by atoms with Crippen LogP contribution in [0.25, 0.3) is 0 Å². The summed E-state index contributed by atoms with van der Waals surface area (Å²) in [7, 11) is 3.34. The molecule has 1 atom stereocenters. The molecule has 7 nitrogen and oxygen atoms in total. The van der Waals surface area contributed by atoms with Gasteiger partial charge in [0.15, 0.2) is 13.1 Å². The minimum absolute atomic E-state index is 0.0295. The van der Waals surface area contributed by atoms with Gasteiger partial charge in [-0.05, 0) is 50.2 Å². The Hall–Kier alpha value is -2.80. The summed E-state index contributed by atoms with van der Waals surface area (Å²) >= 11 is 0. The third kappa shape index (κ3) is 6.45. The highest BCUT2D eigenvalue weighted by molar-refractivity contribution is 5.91. The highest BCUT2D eigenvalue weighted by Gasteiger charge is 2.20. The van der Waals surface area contributed by atoms with Crippen molar-refractivity contribution in [2.75, 3.05) is 39.1 Å². The number of nitrogens with one attached hydrogen (secondary N) is 2. The van der Waals surface area contributed by atoms with Gasteiger partial charge in [-0.2, -0.15) is 0 Å². The summed E-state index contributed by atoms with van der Waals surface area (Å²) in [5.74, 6) is 2.14. The summed E-state index contributed by atoms with van der Waals surface area (Å²) in [5.41, 5.74) is 0.702. The van der Waals surface area contributed by atoms with Gasteiger partial charge in [0.05, 0.1) is 20.2 Å². The van der Waals surface area contributed by atoms with E-state index in [1.54, 1.807) is 43.3 Å². The van der Waals surface area contributed by atoms with Crippen LogP contribution in [0, 0.1) is 6.92 Å². The van der Waals surface area contributed by atoms with Crippen LogP contribution in [0.15, 0.2) is 40.8 Å². The number of carbonyl (C=O) groups is 2. The smallest absolute Gasteiger partial charge is 0.279 e. The topological polar surface area (TPSA) is 76.2 Å². The third-order valence-corrected chi connectivity index (χ3v) is 4.30. The van der Waals surface area contributed by atoms with Crippen LogP contribution >= 0.6 is 0 Å². The van der Waals surface area contributed by atoms with Crippen molar-refractivity contribution in [3.05, 3.63) is 47.9 Å². The third-order valence-electron chi connectivity index (χ3n) is 4.30. The number of ether oxygens (including phenoxy) is 1. The van der Waals surface area contributed by atoms with E-state index in [1.165, 1.54) is 0 Å². The molecule has 7 heteroatoms. The maximum absolute atomic E-state index is 12.5. The Morgan fingerprint density at radius 1 is 1.15 bits per heavy atom. The molecule has 0 bridgehead atoms. The Labute approximate surface area is 159 Å². The Morgan fingerprint density at radius 3 is 2.41 bits per heavy atom. The standard InChI is InChI=1S/C20H27N3O4/c1-5-23(13-19(24)21-16-7-10-17(26-4)11-8-16)14-20(25)22(3)12-18-9-6-15(2)27-18/h6-11H,5,12-14H2,1-4H3,(H,21,24)/p+1. The number of carbonyl (C=O) groups excluding carboxylic acids is 2. The molecule has 2 rings (SSSR count). The average Bonchev–Trinajstić information content (AvgIpc) is 3.06. The van der Waals surface area contributed by atoms with Crippen LogP contribution in [0.2, 0.25) is 0 Å². The molecule has 0 fully saturated rings. The minimum atomic E-state index is -0.130. The maximum atomic E-state index is 12.5. The van der Waals surface area contributed by atoms with Crippen LogP contribution in [0.3, 0.4) is 0 Å². The first-order valence-electron chi connectivity index (χ1n) is 8.98. The number of quaternary nitrogens is 1. The normalized spacial score (nSPS) is 11.7. The van der Waals surface area contributed by atoms with E-state index in [4.69, 9.17) is 9.15 Å². The lowest BCUT2D eigenvalue weighted by Crippen LogP contribution is -3.13. The van der Waals surface area contributed by atoms with Crippen molar-refractivity contribution < 1.29 is 23.6 Å². The Balaban J connectivity index is 1.83. The summed E-state index contributed by atoms with van der Waals surface area (Å²) in [6, 6.07) is 10.9. The van der Waals surface area contributed by atoms with Gasteiger partial charge in [-0.3, -0.25) is 9.59 Å². The van der Waals surface area contributed by atoms with E-state index in [9.17, 15) is 9.59 Å². The van der Waals surface area contributed by atoms with Crippen molar-refractivity contribution in [3.63, 3.8) is 0 Å². The van der Waals surface area contributed by atoms with E-state index in [1.807, 2.05) is 26.0 Å². The number of nitrogens with zero attached hydrogens (tertiary/aromatic N) is 1. The van der Waals surface area contributed by atoms with Crippen molar-refractivity contribution in [3.8, 4) is 5.75 Å². The van der Waals surface area contributed by atoms with Crippen molar-refractivity contribution in [1.29, 1.82) is 0 Å². The van der Waals surface area contributed by atoms with Crippen LogP contribution in [0.5, 0.6) is 5.75 Å². The molecule has 27 heavy (non-hydrogen) atoms. The van der Waals surface area contributed by atoms with Gasteiger partial charge in [-0.15, -0.1) is 0 Å². The molecule has 1 aromatic carbocycles. The van der Waals surface area contributed by atoms with Crippen LogP contribution in [-0.4, -0.2) is 50.5 Å². The molecule has 2 aromatic rings. The van der Waals surface area contributed by atoms with Gasteiger partial charge in [-0.1, -0.05) is 0 Å². The number of furan rings is 1. The highest BCUT2D eigenvalue weighted by atomic mass is 16.5. The SMILES string of the molecule is CC[NH+](CC(=O)Nc1ccc(OC)cc1)CC(=O)N(C)Cc1ccc(C)o1. The van der Waals surface area contributed by atoms with Crippen molar-refractivity contribution in [2.45, 2.75) is 20.4 Å². The fourth-order valence-corrected chi connectivity index (χ4v) is 2.66. The molecule has 0 radical (unpaired) electrons. The van der Waals surface area contributed by atoms with Gasteiger partial charge >= 0.3 is 0 Å². The van der Waals surface area contributed by atoms with Gasteiger partial charge in [0, 0.05) is 12.7 Å². The summed E-state index contributed by atoms with van der Waals surface area (Å²) < 4.78 is 10.6. The van der Waals surface area contributed by atoms with Gasteiger partial charge in [-0.25, -0.2) is 0 Å². The second-order valence-electron chi connectivity index (χ2n) is 6.50. The first-order chi connectivity index (χ1) is 12.9. The molecule has 1 aromatic heterocycles. The summed E-state index contributed by atoms with van der Waals surface area (Å²) in [4.78, 5) is 27.2. The molecule has 2 N–H and O–H groups in total. The molecule has 0 aliphatic heterocycles. The molecule has 0 spiro atoms. The molecular weight excluding hydrogens is 346 g/mol. The van der Waals surface area contributed by atoms with Crippen LogP contribution < -0.4 is 15.0 Å². The summed E-state index contributed by atoms with van der Waals surface area (Å²) in [6.07, 6.45) is 0. The average molecular weight is 374 g/mol. The van der Waals surface area contributed by atoms with Gasteiger partial charge < -0.3 is 24.3 Å². The molecule has 0 aliphatic carbocycles. The quantitative estimate of drug-likeness (QED) is 0.689. The summed E-state index contributed by atoms with van der Waals surface area (Å²) in [6.45, 7) is 5.40. The molecule has 1 heterocycles. The first-order valence-corrected chi connectivity index (χ1v) is 8.98. The number of hydrogen-bond acceptors (Lipinski definition) is 4. The number of methoxy groups -OCH3 is 1. The van der Waals surface area contributed by atoms with E-state index in [2.05, 4.69) is 5.32 Å². The largest absolute Gasteiger partial charge is 0.497 e. The number of aryl methyl sites for hydroxylation is 1. The van der Waals surface area contributed by atoms with Gasteiger partial charge in [0.25, 0.3) is 11.8 Å². The first kappa shape index (κ1) is 20.5. The van der Waals surface area contributed by atoms with Crippen molar-refractivity contribution >= 4 is 17.5 Å². The van der Waals surface area contributed by atoms with Crippen LogP contribution in [-0.2, 0) is 16.1 Å². The minimum Gasteiger partial charge on any atom is -0.497 e. The lowest BCUT2D eigenvalue weighted by molar-refractivity contribution is -0.882. The molecule has 0 saturated carbocycles. The summed E-state index contributed by atoms with van der Waals surface area (Å²) in [5, 5.41) is 2.85. The number of rotatable bonds is 9. The van der Waals surface area contributed by atoms with Gasteiger partial charge in [0.2, 0.25) is 0 Å². The zero-order chi connectivity index (χ0) is 19.8. The molecule has 0 aliphatic rings. The molecule has 2 amide bonds. The predicted octanol–water partition coefficient (Wildman–Crippen LogP) is 1.10. The second kappa shape index (κ2) is 9.78. The van der Waals surface area contributed by atoms with Crippen LogP contribution in [0.1, 0.15) is 18.4 Å². The van der Waals surface area contributed by atoms with E-state index in [-0.39, 0.29) is 24.9 Å². The zero-order valence-electron chi connectivity index (χ0n) is 16.4. The number of likely N-dealkylation sites (N-methyl/N-ethyl adjacent to an activating group) is 2. The van der Waals surface area contributed by atoms with E-state index in [0.29, 0.717) is 18.8 Å². The molecule has 146 valence electrons. The van der Waals surface area contributed by atoms with Gasteiger partial charge in [0.1, 0.15) is 17.3 Å². The Kier molecular flexibility index (Phi) is 7.43. The number of amides is 2. The second-order valence-corrected chi connectivity index (χ2v) is 6.50. The monoisotopic (exact) mass is 374 g/mol. The van der Waals surface area contributed by atoms with E-state index >= 15 is 0 Å². The zero-order valence-corrected chi connectivity index (χ0v) is 16.4. The number of anilines is 1. The predicted molar refractivity (Wildman–Crippen MR) is 103 cm³/mol. The molecular formula is C20H28N3O4+. The maximum Gasteiger partial charge on any atom is 0.279 e. The van der Waals surface area contributed by atoms with Crippen molar-refractivity contribution in [1.82, 2.24) is 4.90 Å². The lowest BCUT2D eigenvalue weighted by Gasteiger charge is -2.21. The highest BCUT2D eigenvalue weighted by Crippen LogP contribution is 2.14. The molecule has 0 saturated heterocycles. The number of benzene rings is 1. The van der Waals surface area contributed by atoms with Crippen LogP contribution in [0.4, 0.5) is 5.69 Å². The Bertz CT molecular complexity index is 755. The Morgan fingerprint density at radius 2 is 1.85 bits per heavy atom. The lowest BCUT2D eigenvalue weighted by atomic mass is 10.3. The van der Waals surface area contributed by atoms with E-state index < -0.39 is 0 Å². The number of hydrogen-bond donors (Lipinski definition) is 2. The van der Waals surface area contributed by atoms with E-state index in [0.717, 1.165) is 22.2 Å².